The largest absolute Gasteiger partial charge is 0.460 e. The van der Waals surface area contributed by atoms with Gasteiger partial charge in [-0.05, 0) is 79.9 Å². The molecule has 2 heterocycles. The Morgan fingerprint density at radius 2 is 1.23 bits per heavy atom. The van der Waals surface area contributed by atoms with Crippen LogP contribution in [0.4, 0.5) is 0 Å². The van der Waals surface area contributed by atoms with Gasteiger partial charge in [-0.25, -0.2) is 0 Å². The normalized spacial score (nSPS) is 13.2. The average Bonchev–Trinajstić information content (AvgIpc) is 3.66. The van der Waals surface area contributed by atoms with Gasteiger partial charge < -0.3 is 8.83 Å². The van der Waals surface area contributed by atoms with Crippen LogP contribution in [-0.2, 0) is 6.42 Å². The molecule has 0 unspecified atom stereocenters. The van der Waals surface area contributed by atoms with Crippen molar-refractivity contribution in [3.63, 3.8) is 0 Å². The second-order valence-electron chi connectivity index (χ2n) is 11.9. The van der Waals surface area contributed by atoms with Gasteiger partial charge in [0.25, 0.3) is 0 Å². The van der Waals surface area contributed by atoms with E-state index in [1.54, 1.807) is 0 Å². The fourth-order valence-corrected chi connectivity index (χ4v) is 7.60. The second kappa shape index (κ2) is 8.95. The molecule has 0 bridgehead atoms. The Morgan fingerprint density at radius 1 is 0.500 bits per heavy atom. The number of fused-ring (bicyclic) bond motifs is 10. The molecule has 10 rings (SSSR count). The summed E-state index contributed by atoms with van der Waals surface area (Å²) in [6.45, 7) is 0. The summed E-state index contributed by atoms with van der Waals surface area (Å²) in [6.07, 6.45) is 6.48. The van der Waals surface area contributed by atoms with E-state index in [1.807, 2.05) is 0 Å². The van der Waals surface area contributed by atoms with Gasteiger partial charge in [-0.3, -0.25) is 0 Å². The molecule has 44 heavy (non-hydrogen) atoms. The average molecular weight is 563 g/mol. The molecule has 0 amide bonds. The number of hydrogen-bond donors (Lipinski definition) is 0. The lowest BCUT2D eigenvalue weighted by atomic mass is 9.84. The second-order valence-corrected chi connectivity index (χ2v) is 11.9. The van der Waals surface area contributed by atoms with Gasteiger partial charge in [0.05, 0.1) is 0 Å². The molecule has 1 aliphatic carbocycles. The minimum absolute atomic E-state index is 0.911. The third-order valence-corrected chi connectivity index (χ3v) is 9.50. The van der Waals surface area contributed by atoms with Crippen molar-refractivity contribution >= 4 is 71.3 Å². The smallest absolute Gasteiger partial charge is 0.143 e. The molecule has 9 aromatic rings. The predicted molar refractivity (Wildman–Crippen MR) is 184 cm³/mol. The molecule has 0 saturated heterocycles. The highest BCUT2D eigenvalue weighted by atomic mass is 16.3. The Bertz CT molecular complexity index is 2610. The maximum Gasteiger partial charge on any atom is 0.143 e. The SMILES string of the molecule is C1=Cc2c(oc3ccc(-c4c5ccccc5c(-c5cccc6oc7c8ccccc8ccc7c56)c5ccccc45)cc23)CC1. The van der Waals surface area contributed by atoms with Gasteiger partial charge in [-0.2, -0.15) is 0 Å². The monoisotopic (exact) mass is 562 g/mol. The summed E-state index contributed by atoms with van der Waals surface area (Å²) < 4.78 is 12.9. The van der Waals surface area contributed by atoms with Crippen molar-refractivity contribution in [2.45, 2.75) is 12.8 Å². The molecule has 0 atom stereocenters. The highest BCUT2D eigenvalue weighted by Crippen LogP contribution is 2.48. The third kappa shape index (κ3) is 3.25. The first-order valence-electron chi connectivity index (χ1n) is 15.3. The van der Waals surface area contributed by atoms with Gasteiger partial charge in [0.15, 0.2) is 0 Å². The molecule has 0 spiro atoms. The number of aryl methyl sites for hydroxylation is 1. The molecule has 0 fully saturated rings. The zero-order valence-electron chi connectivity index (χ0n) is 23.9. The summed E-state index contributed by atoms with van der Waals surface area (Å²) in [5.74, 6) is 1.10. The number of allylic oxidation sites excluding steroid dienone is 1. The van der Waals surface area contributed by atoms with E-state index < -0.39 is 0 Å². The van der Waals surface area contributed by atoms with Crippen LogP contribution in [-0.4, -0.2) is 0 Å². The molecule has 2 heteroatoms. The van der Waals surface area contributed by atoms with Crippen LogP contribution in [0.3, 0.4) is 0 Å². The van der Waals surface area contributed by atoms with Crippen molar-refractivity contribution in [3.05, 3.63) is 139 Å². The van der Waals surface area contributed by atoms with Gasteiger partial charge in [-0.15, -0.1) is 0 Å². The van der Waals surface area contributed by atoms with E-state index in [1.165, 1.54) is 60.1 Å². The fraction of sp³-hybridized carbons (Fsp3) is 0.0476. The Kier molecular flexibility index (Phi) is 4.86. The lowest BCUT2D eigenvalue weighted by molar-refractivity contribution is 0.546. The maximum absolute atomic E-state index is 6.61. The van der Waals surface area contributed by atoms with Gasteiger partial charge in [0.1, 0.15) is 22.5 Å². The van der Waals surface area contributed by atoms with Crippen LogP contribution in [0.1, 0.15) is 17.7 Å². The Labute approximate surface area is 253 Å². The fourth-order valence-electron chi connectivity index (χ4n) is 7.60. The Morgan fingerprint density at radius 3 is 2.02 bits per heavy atom. The van der Waals surface area contributed by atoms with Crippen molar-refractivity contribution in [1.29, 1.82) is 0 Å². The van der Waals surface area contributed by atoms with Crippen LogP contribution in [0.2, 0.25) is 0 Å². The predicted octanol–water partition coefficient (Wildman–Crippen LogP) is 12.1. The van der Waals surface area contributed by atoms with Crippen molar-refractivity contribution in [2.24, 2.45) is 0 Å². The standard InChI is InChI=1S/C42H26O2/c1-2-11-27-25(10-1)20-22-34-41-33(17-9-19-38(41)44-42(27)34)40-31-15-5-3-13-29(31)39(30-14-4-6-16-32(30)40)26-21-23-37-35(24-26)28-12-7-8-18-36(28)43-37/h1-7,9-17,19-24H,8,18H2. The summed E-state index contributed by atoms with van der Waals surface area (Å²) in [5, 5.41) is 10.8. The molecule has 2 nitrogen and oxygen atoms in total. The highest BCUT2D eigenvalue weighted by molar-refractivity contribution is 6.27. The summed E-state index contributed by atoms with van der Waals surface area (Å²) in [7, 11) is 0. The lowest BCUT2D eigenvalue weighted by Gasteiger charge is -2.18. The van der Waals surface area contributed by atoms with Crippen LogP contribution >= 0.6 is 0 Å². The first-order chi connectivity index (χ1) is 21.8. The molecule has 0 aliphatic heterocycles. The summed E-state index contributed by atoms with van der Waals surface area (Å²) in [5.41, 5.74) is 8.94. The van der Waals surface area contributed by atoms with Crippen molar-refractivity contribution in [2.75, 3.05) is 0 Å². The minimum atomic E-state index is 0.911. The Hall–Kier alpha value is -5.60. The zero-order valence-corrected chi connectivity index (χ0v) is 23.9. The van der Waals surface area contributed by atoms with E-state index in [9.17, 15) is 0 Å². The molecule has 1 aliphatic rings. The number of hydrogen-bond acceptors (Lipinski definition) is 2. The molecular weight excluding hydrogens is 536 g/mol. The third-order valence-electron chi connectivity index (χ3n) is 9.50. The Balaban J connectivity index is 1.32. The van der Waals surface area contributed by atoms with Crippen molar-refractivity contribution in [3.8, 4) is 22.3 Å². The van der Waals surface area contributed by atoms with E-state index in [4.69, 9.17) is 8.83 Å². The molecule has 0 radical (unpaired) electrons. The number of furan rings is 2. The van der Waals surface area contributed by atoms with Crippen LogP contribution in [0.25, 0.3) is 93.6 Å². The topological polar surface area (TPSA) is 26.3 Å². The van der Waals surface area contributed by atoms with E-state index >= 15 is 0 Å². The highest BCUT2D eigenvalue weighted by Gasteiger charge is 2.22. The van der Waals surface area contributed by atoms with Gasteiger partial charge in [0, 0.05) is 33.5 Å². The van der Waals surface area contributed by atoms with E-state index in [2.05, 4.69) is 133 Å². The maximum atomic E-state index is 6.61. The minimum Gasteiger partial charge on any atom is -0.460 e. The molecule has 7 aromatic carbocycles. The van der Waals surface area contributed by atoms with Crippen LogP contribution < -0.4 is 0 Å². The van der Waals surface area contributed by atoms with E-state index in [0.717, 1.165) is 51.5 Å². The number of benzene rings is 7. The van der Waals surface area contributed by atoms with Crippen LogP contribution in [0.5, 0.6) is 0 Å². The molecule has 206 valence electrons. The lowest BCUT2D eigenvalue weighted by Crippen LogP contribution is -1.91. The van der Waals surface area contributed by atoms with E-state index in [0.29, 0.717) is 0 Å². The molecule has 0 N–H and O–H groups in total. The van der Waals surface area contributed by atoms with Crippen LogP contribution in [0.15, 0.2) is 136 Å². The first kappa shape index (κ1) is 23.9. The molecular formula is C42H26O2. The van der Waals surface area contributed by atoms with E-state index in [-0.39, 0.29) is 0 Å². The van der Waals surface area contributed by atoms with Gasteiger partial charge >= 0.3 is 0 Å². The molecule has 2 aromatic heterocycles. The summed E-state index contributed by atoms with van der Waals surface area (Å²) in [6, 6.07) is 43.8. The van der Waals surface area contributed by atoms with Gasteiger partial charge in [0.2, 0.25) is 0 Å². The zero-order chi connectivity index (χ0) is 28.8. The summed E-state index contributed by atoms with van der Waals surface area (Å²) >= 11 is 0. The first-order valence-corrected chi connectivity index (χ1v) is 15.3. The molecule has 0 saturated carbocycles. The number of rotatable bonds is 2. The van der Waals surface area contributed by atoms with Crippen molar-refractivity contribution in [1.82, 2.24) is 0 Å². The van der Waals surface area contributed by atoms with Crippen molar-refractivity contribution < 1.29 is 8.83 Å². The van der Waals surface area contributed by atoms with Crippen LogP contribution in [0, 0.1) is 0 Å². The van der Waals surface area contributed by atoms with Gasteiger partial charge in [-0.1, -0.05) is 109 Å². The summed E-state index contributed by atoms with van der Waals surface area (Å²) in [4.78, 5) is 0. The quantitative estimate of drug-likeness (QED) is 0.196.